The van der Waals surface area contributed by atoms with Crippen molar-refractivity contribution < 1.29 is 15.3 Å². The molecule has 0 radical (unpaired) electrons. The first-order valence-corrected chi connectivity index (χ1v) is 7.50. The molecule has 0 spiro atoms. The normalized spacial score (nSPS) is 28.9. The zero-order valence-electron chi connectivity index (χ0n) is 12.8. The van der Waals surface area contributed by atoms with Crippen LogP contribution in [0.1, 0.15) is 37.8 Å². The van der Waals surface area contributed by atoms with Crippen molar-refractivity contribution in [3.05, 3.63) is 64.9 Å². The summed E-state index contributed by atoms with van der Waals surface area (Å²) in [6.45, 7) is 3.96. The summed E-state index contributed by atoms with van der Waals surface area (Å²) in [6.07, 6.45) is 1.54. The Morgan fingerprint density at radius 1 is 0.773 bits per heavy atom. The number of rotatable bonds is 2. The third kappa shape index (κ3) is 2.16. The first kappa shape index (κ1) is 14.9. The highest BCUT2D eigenvalue weighted by Crippen LogP contribution is 2.38. The first-order chi connectivity index (χ1) is 10.4. The van der Waals surface area contributed by atoms with Crippen molar-refractivity contribution in [1.29, 1.82) is 0 Å². The van der Waals surface area contributed by atoms with Crippen molar-refractivity contribution >= 4 is 0 Å². The Hall–Kier alpha value is -2.04. The van der Waals surface area contributed by atoms with Gasteiger partial charge < -0.3 is 20.5 Å². The number of hydrogen-bond acceptors (Lipinski definition) is 3. The van der Waals surface area contributed by atoms with Gasteiger partial charge in [-0.15, -0.1) is 0 Å². The quantitative estimate of drug-likeness (QED) is 0.746. The van der Waals surface area contributed by atoms with Crippen LogP contribution in [0.15, 0.2) is 48.5 Å². The SMILES string of the molecule is C[C@@]1(c2ccc(O)cc2)CC[C@@](C)(c2ccc(O)cc2)[NH+]1[O-]. The fourth-order valence-electron chi connectivity index (χ4n) is 3.55. The van der Waals surface area contributed by atoms with Gasteiger partial charge in [0.1, 0.15) is 22.6 Å². The van der Waals surface area contributed by atoms with E-state index >= 15 is 0 Å². The number of nitrogens with one attached hydrogen (secondary N) is 1. The van der Waals surface area contributed by atoms with E-state index in [2.05, 4.69) is 0 Å². The van der Waals surface area contributed by atoms with Crippen molar-refractivity contribution in [2.45, 2.75) is 37.8 Å². The van der Waals surface area contributed by atoms with E-state index in [9.17, 15) is 15.4 Å². The number of phenols is 2. The molecule has 116 valence electrons. The molecular formula is C18H21NO3. The van der Waals surface area contributed by atoms with E-state index < -0.39 is 11.1 Å². The Morgan fingerprint density at radius 2 is 1.09 bits per heavy atom. The van der Waals surface area contributed by atoms with E-state index in [4.69, 9.17) is 0 Å². The van der Waals surface area contributed by atoms with E-state index in [1.54, 1.807) is 24.3 Å². The van der Waals surface area contributed by atoms with Gasteiger partial charge in [0.15, 0.2) is 0 Å². The highest BCUT2D eigenvalue weighted by molar-refractivity contribution is 5.33. The van der Waals surface area contributed by atoms with Crippen molar-refractivity contribution in [2.75, 3.05) is 0 Å². The van der Waals surface area contributed by atoms with Crippen LogP contribution in [0.4, 0.5) is 0 Å². The van der Waals surface area contributed by atoms with Crippen LogP contribution in [0, 0.1) is 5.21 Å². The maximum absolute atomic E-state index is 13.2. The second-order valence-electron chi connectivity index (χ2n) is 6.59. The number of quaternary nitrogens is 1. The lowest BCUT2D eigenvalue weighted by molar-refractivity contribution is -0.952. The van der Waals surface area contributed by atoms with Crippen LogP contribution in [0.25, 0.3) is 0 Å². The fourth-order valence-corrected chi connectivity index (χ4v) is 3.55. The first-order valence-electron chi connectivity index (χ1n) is 7.50. The van der Waals surface area contributed by atoms with Gasteiger partial charge in [0.25, 0.3) is 0 Å². The molecule has 0 bridgehead atoms. The summed E-state index contributed by atoms with van der Waals surface area (Å²) in [7, 11) is 0. The maximum atomic E-state index is 13.2. The Kier molecular flexibility index (Phi) is 3.38. The molecule has 0 aliphatic carbocycles. The summed E-state index contributed by atoms with van der Waals surface area (Å²) >= 11 is 0. The van der Waals surface area contributed by atoms with Crippen molar-refractivity contribution in [3.63, 3.8) is 0 Å². The average molecular weight is 299 g/mol. The predicted molar refractivity (Wildman–Crippen MR) is 84.5 cm³/mol. The maximum Gasteiger partial charge on any atom is 0.121 e. The lowest BCUT2D eigenvalue weighted by atomic mass is 9.89. The van der Waals surface area contributed by atoms with E-state index in [0.29, 0.717) is 0 Å². The molecule has 0 saturated carbocycles. The van der Waals surface area contributed by atoms with E-state index in [-0.39, 0.29) is 16.6 Å². The van der Waals surface area contributed by atoms with Gasteiger partial charge in [-0.25, -0.2) is 0 Å². The molecule has 0 amide bonds. The minimum atomic E-state index is -0.541. The number of hydrogen-bond donors (Lipinski definition) is 3. The summed E-state index contributed by atoms with van der Waals surface area (Å²) in [6, 6.07) is 13.8. The van der Waals surface area contributed by atoms with Crippen LogP contribution in [0.5, 0.6) is 11.5 Å². The molecule has 0 aromatic heterocycles. The molecule has 1 heterocycles. The number of phenolic OH excluding ortho intramolecular Hbond substituents is 2. The Morgan fingerprint density at radius 3 is 1.41 bits per heavy atom. The van der Waals surface area contributed by atoms with Crippen LogP contribution < -0.4 is 5.06 Å². The van der Waals surface area contributed by atoms with Gasteiger partial charge >= 0.3 is 0 Å². The Labute approximate surface area is 130 Å². The minimum absolute atomic E-state index is 0.191. The van der Waals surface area contributed by atoms with Gasteiger partial charge in [-0.1, -0.05) is 0 Å². The van der Waals surface area contributed by atoms with E-state index in [1.807, 2.05) is 38.1 Å². The van der Waals surface area contributed by atoms with Crippen LogP contribution in [-0.2, 0) is 11.1 Å². The van der Waals surface area contributed by atoms with Crippen LogP contribution >= 0.6 is 0 Å². The van der Waals surface area contributed by atoms with Gasteiger partial charge in [-0.3, -0.25) is 0 Å². The molecule has 2 aromatic carbocycles. The van der Waals surface area contributed by atoms with Crippen molar-refractivity contribution in [1.82, 2.24) is 0 Å². The number of hydroxylamine groups is 2. The minimum Gasteiger partial charge on any atom is -0.633 e. The molecule has 4 nitrogen and oxygen atoms in total. The second-order valence-corrected chi connectivity index (χ2v) is 6.59. The standard InChI is InChI=1S/C18H21NO3/c1-17(13-3-7-15(20)8-4-13)11-12-18(2,19(17)22)14-5-9-16(21)10-6-14/h3-10,19-21H,11-12H2,1-2H3/t17-,18-/m0/s1. The fraction of sp³-hybridized carbons (Fsp3) is 0.333. The van der Waals surface area contributed by atoms with Gasteiger partial charge in [0, 0.05) is 24.0 Å². The van der Waals surface area contributed by atoms with Gasteiger partial charge in [-0.2, -0.15) is 0 Å². The smallest absolute Gasteiger partial charge is 0.121 e. The van der Waals surface area contributed by atoms with E-state index in [1.165, 1.54) is 0 Å². The lowest BCUT2D eigenvalue weighted by Gasteiger charge is -2.44. The third-order valence-corrected chi connectivity index (χ3v) is 5.14. The average Bonchev–Trinajstić information content (AvgIpc) is 2.75. The largest absolute Gasteiger partial charge is 0.633 e. The highest BCUT2D eigenvalue weighted by atomic mass is 16.5. The molecule has 1 aliphatic rings. The molecule has 1 aliphatic heterocycles. The molecule has 3 rings (SSSR count). The molecule has 22 heavy (non-hydrogen) atoms. The van der Waals surface area contributed by atoms with Crippen molar-refractivity contribution in [3.8, 4) is 11.5 Å². The third-order valence-electron chi connectivity index (χ3n) is 5.14. The Bertz CT molecular complexity index is 608. The van der Waals surface area contributed by atoms with Gasteiger partial charge in [0.05, 0.1) is 0 Å². The molecule has 1 fully saturated rings. The summed E-state index contributed by atoms with van der Waals surface area (Å²) in [5, 5.41) is 32.3. The summed E-state index contributed by atoms with van der Waals surface area (Å²) in [5.41, 5.74) is 0.802. The molecule has 3 N–H and O–H groups in total. The molecule has 2 aromatic rings. The highest BCUT2D eigenvalue weighted by Gasteiger charge is 2.51. The summed E-state index contributed by atoms with van der Waals surface area (Å²) in [4.78, 5) is 0. The molecule has 1 saturated heterocycles. The Balaban J connectivity index is 1.98. The summed E-state index contributed by atoms with van der Waals surface area (Å²) in [5.74, 6) is 0.415. The lowest BCUT2D eigenvalue weighted by Crippen LogP contribution is -3.17. The van der Waals surface area contributed by atoms with Crippen LogP contribution in [0.3, 0.4) is 0 Å². The number of benzene rings is 2. The molecule has 0 unspecified atom stereocenters. The van der Waals surface area contributed by atoms with E-state index in [0.717, 1.165) is 24.0 Å². The molecule has 2 atom stereocenters. The second kappa shape index (κ2) is 5.00. The molecular weight excluding hydrogens is 278 g/mol. The zero-order chi connectivity index (χ0) is 16.0. The van der Waals surface area contributed by atoms with Gasteiger partial charge in [-0.05, 0) is 62.4 Å². The number of aromatic hydroxyl groups is 2. The van der Waals surface area contributed by atoms with Crippen LogP contribution in [-0.4, -0.2) is 10.2 Å². The zero-order valence-corrected chi connectivity index (χ0v) is 12.8. The topological polar surface area (TPSA) is 68.0 Å². The van der Waals surface area contributed by atoms with Crippen LogP contribution in [0.2, 0.25) is 0 Å². The molecule has 4 heteroatoms. The van der Waals surface area contributed by atoms with Crippen molar-refractivity contribution in [2.24, 2.45) is 0 Å². The van der Waals surface area contributed by atoms with Gasteiger partial charge in [0.2, 0.25) is 0 Å². The predicted octanol–water partition coefficient (Wildman–Crippen LogP) is 2.40. The summed E-state index contributed by atoms with van der Waals surface area (Å²) < 4.78 is 0. The monoisotopic (exact) mass is 299 g/mol.